The van der Waals surface area contributed by atoms with Gasteiger partial charge in [0.1, 0.15) is 11.8 Å². The van der Waals surface area contributed by atoms with E-state index in [1.54, 1.807) is 38.4 Å². The Labute approximate surface area is 172 Å². The van der Waals surface area contributed by atoms with Gasteiger partial charge in [-0.25, -0.2) is 9.78 Å². The van der Waals surface area contributed by atoms with Gasteiger partial charge < -0.3 is 4.74 Å². The lowest BCUT2D eigenvalue weighted by molar-refractivity contribution is 0.415. The van der Waals surface area contributed by atoms with Gasteiger partial charge in [-0.05, 0) is 17.7 Å². The van der Waals surface area contributed by atoms with Gasteiger partial charge in [0.05, 0.1) is 23.8 Å². The zero-order chi connectivity index (χ0) is 21.4. The summed E-state index contributed by atoms with van der Waals surface area (Å²) >= 11 is 0. The molecular formula is C23H18N4O3. The molecule has 0 fully saturated rings. The third-order valence-corrected chi connectivity index (χ3v) is 5.13. The number of benzene rings is 2. The van der Waals surface area contributed by atoms with Crippen LogP contribution >= 0.6 is 0 Å². The molecule has 0 saturated carbocycles. The van der Waals surface area contributed by atoms with E-state index in [-0.39, 0.29) is 16.6 Å². The Bertz CT molecular complexity index is 1430. The van der Waals surface area contributed by atoms with E-state index in [2.05, 4.69) is 11.1 Å². The number of nitrogens with zero attached hydrogens (tertiary/aromatic N) is 4. The standard InChI is InChI=1S/C23H18N4O3/c1-26-21-19(22(28)27(2)23(26)29)18(14-9-11-16(30-3)12-10-14)17(13-24)20(25-21)15-7-5-4-6-8-15/h4-12H,1-3H3. The number of aryl methyl sites for hydroxylation is 1. The van der Waals surface area contributed by atoms with Crippen LogP contribution in [-0.2, 0) is 14.1 Å². The summed E-state index contributed by atoms with van der Waals surface area (Å²) in [5, 5.41) is 10.3. The van der Waals surface area contributed by atoms with Crippen molar-refractivity contribution in [2.75, 3.05) is 7.11 Å². The Morgan fingerprint density at radius 3 is 2.20 bits per heavy atom. The molecule has 2 aromatic heterocycles. The highest BCUT2D eigenvalue weighted by molar-refractivity contribution is 5.99. The third kappa shape index (κ3) is 2.86. The monoisotopic (exact) mass is 398 g/mol. The van der Waals surface area contributed by atoms with E-state index in [9.17, 15) is 14.9 Å². The minimum Gasteiger partial charge on any atom is -0.497 e. The molecule has 0 aliphatic rings. The number of pyridine rings is 1. The number of hydrogen-bond donors (Lipinski definition) is 0. The summed E-state index contributed by atoms with van der Waals surface area (Å²) in [6.45, 7) is 0. The molecule has 0 atom stereocenters. The Morgan fingerprint density at radius 1 is 0.933 bits per heavy atom. The van der Waals surface area contributed by atoms with Gasteiger partial charge in [-0.2, -0.15) is 5.26 Å². The quantitative estimate of drug-likeness (QED) is 0.529. The Morgan fingerprint density at radius 2 is 1.60 bits per heavy atom. The van der Waals surface area contributed by atoms with E-state index < -0.39 is 11.2 Å². The normalized spacial score (nSPS) is 10.7. The topological polar surface area (TPSA) is 89.9 Å². The van der Waals surface area contributed by atoms with Gasteiger partial charge in [-0.3, -0.25) is 13.9 Å². The third-order valence-electron chi connectivity index (χ3n) is 5.13. The lowest BCUT2D eigenvalue weighted by Gasteiger charge is -2.16. The van der Waals surface area contributed by atoms with Crippen molar-refractivity contribution in [2.45, 2.75) is 0 Å². The predicted octanol–water partition coefficient (Wildman–Crippen LogP) is 2.85. The summed E-state index contributed by atoms with van der Waals surface area (Å²) in [5.74, 6) is 0.652. The number of rotatable bonds is 3. The summed E-state index contributed by atoms with van der Waals surface area (Å²) in [4.78, 5) is 30.3. The molecule has 4 rings (SSSR count). The summed E-state index contributed by atoms with van der Waals surface area (Å²) in [5.41, 5.74) is 1.76. The van der Waals surface area contributed by atoms with Crippen molar-refractivity contribution in [3.8, 4) is 34.2 Å². The van der Waals surface area contributed by atoms with Crippen LogP contribution < -0.4 is 16.0 Å². The number of aromatic nitrogens is 3. The second-order valence-electron chi connectivity index (χ2n) is 6.82. The lowest BCUT2D eigenvalue weighted by atomic mass is 9.94. The van der Waals surface area contributed by atoms with Crippen LogP contribution in [0.15, 0.2) is 64.2 Å². The average Bonchev–Trinajstić information content (AvgIpc) is 2.80. The molecule has 0 unspecified atom stereocenters. The lowest BCUT2D eigenvalue weighted by Crippen LogP contribution is -2.37. The fourth-order valence-corrected chi connectivity index (χ4v) is 3.55. The maximum Gasteiger partial charge on any atom is 0.332 e. The van der Waals surface area contributed by atoms with Crippen molar-refractivity contribution < 1.29 is 4.74 Å². The summed E-state index contributed by atoms with van der Waals surface area (Å²) in [6.07, 6.45) is 0. The smallest absolute Gasteiger partial charge is 0.332 e. The molecule has 7 heteroatoms. The molecule has 0 radical (unpaired) electrons. The maximum atomic E-state index is 13.1. The van der Waals surface area contributed by atoms with Crippen molar-refractivity contribution in [3.63, 3.8) is 0 Å². The summed E-state index contributed by atoms with van der Waals surface area (Å²) in [6, 6.07) is 18.6. The molecule has 0 N–H and O–H groups in total. The van der Waals surface area contributed by atoms with Crippen LogP contribution in [-0.4, -0.2) is 21.2 Å². The highest BCUT2D eigenvalue weighted by Crippen LogP contribution is 2.35. The second kappa shape index (κ2) is 7.33. The van der Waals surface area contributed by atoms with Crippen molar-refractivity contribution in [1.29, 1.82) is 5.26 Å². The predicted molar refractivity (Wildman–Crippen MR) is 114 cm³/mol. The van der Waals surface area contributed by atoms with Gasteiger partial charge in [-0.15, -0.1) is 0 Å². The first-order valence-electron chi connectivity index (χ1n) is 9.21. The highest BCUT2D eigenvalue weighted by Gasteiger charge is 2.23. The van der Waals surface area contributed by atoms with E-state index in [1.165, 1.54) is 11.6 Å². The molecule has 0 amide bonds. The van der Waals surface area contributed by atoms with Gasteiger partial charge in [0.25, 0.3) is 5.56 Å². The molecule has 4 aromatic rings. The summed E-state index contributed by atoms with van der Waals surface area (Å²) in [7, 11) is 4.55. The molecule has 2 heterocycles. The molecule has 0 saturated heterocycles. The molecule has 7 nitrogen and oxygen atoms in total. The molecule has 0 aliphatic carbocycles. The number of hydrogen-bond acceptors (Lipinski definition) is 5. The molecule has 0 bridgehead atoms. The average molecular weight is 398 g/mol. The molecule has 30 heavy (non-hydrogen) atoms. The second-order valence-corrected chi connectivity index (χ2v) is 6.82. The van der Waals surface area contributed by atoms with Crippen LogP contribution in [0.2, 0.25) is 0 Å². The first kappa shape index (κ1) is 19.2. The van der Waals surface area contributed by atoms with Crippen LogP contribution in [0.4, 0.5) is 0 Å². The molecule has 0 spiro atoms. The number of nitriles is 1. The largest absolute Gasteiger partial charge is 0.497 e. The Kier molecular flexibility index (Phi) is 4.68. The zero-order valence-electron chi connectivity index (χ0n) is 16.7. The number of fused-ring (bicyclic) bond motifs is 1. The first-order valence-corrected chi connectivity index (χ1v) is 9.21. The zero-order valence-corrected chi connectivity index (χ0v) is 16.7. The van der Waals surface area contributed by atoms with Crippen molar-refractivity contribution >= 4 is 11.0 Å². The maximum absolute atomic E-state index is 13.1. The van der Waals surface area contributed by atoms with Gasteiger partial charge in [-0.1, -0.05) is 42.5 Å². The number of methoxy groups -OCH3 is 1. The van der Waals surface area contributed by atoms with Gasteiger partial charge in [0.15, 0.2) is 5.65 Å². The molecule has 148 valence electrons. The fraction of sp³-hybridized carbons (Fsp3) is 0.130. The number of ether oxygens (including phenoxy) is 1. The van der Waals surface area contributed by atoms with E-state index >= 15 is 0 Å². The van der Waals surface area contributed by atoms with Crippen molar-refractivity contribution in [1.82, 2.24) is 14.1 Å². The minimum absolute atomic E-state index is 0.223. The SMILES string of the molecule is COc1ccc(-c2c(C#N)c(-c3ccccc3)nc3c2c(=O)n(C)c(=O)n3C)cc1. The Balaban J connectivity index is 2.25. The molecular weight excluding hydrogens is 380 g/mol. The summed E-state index contributed by atoms with van der Waals surface area (Å²) < 4.78 is 7.59. The van der Waals surface area contributed by atoms with Crippen LogP contribution in [0.25, 0.3) is 33.4 Å². The van der Waals surface area contributed by atoms with E-state index in [0.717, 1.165) is 10.1 Å². The van der Waals surface area contributed by atoms with Crippen LogP contribution in [0.5, 0.6) is 5.75 Å². The molecule has 0 aliphatic heterocycles. The van der Waals surface area contributed by atoms with E-state index in [4.69, 9.17) is 4.74 Å². The first-order chi connectivity index (χ1) is 14.5. The van der Waals surface area contributed by atoms with Crippen LogP contribution in [0.1, 0.15) is 5.56 Å². The van der Waals surface area contributed by atoms with E-state index in [0.29, 0.717) is 22.6 Å². The Hall–Kier alpha value is -4.18. The molecule has 2 aromatic carbocycles. The fourth-order valence-electron chi connectivity index (χ4n) is 3.55. The van der Waals surface area contributed by atoms with E-state index in [1.807, 2.05) is 30.3 Å². The van der Waals surface area contributed by atoms with Gasteiger partial charge in [0.2, 0.25) is 0 Å². The van der Waals surface area contributed by atoms with Gasteiger partial charge in [0, 0.05) is 25.2 Å². The van der Waals surface area contributed by atoms with Crippen LogP contribution in [0, 0.1) is 11.3 Å². The highest BCUT2D eigenvalue weighted by atomic mass is 16.5. The van der Waals surface area contributed by atoms with Gasteiger partial charge >= 0.3 is 5.69 Å². The van der Waals surface area contributed by atoms with Crippen molar-refractivity contribution in [3.05, 3.63) is 81.0 Å². The van der Waals surface area contributed by atoms with Crippen LogP contribution in [0.3, 0.4) is 0 Å². The van der Waals surface area contributed by atoms with Crippen molar-refractivity contribution in [2.24, 2.45) is 14.1 Å². The minimum atomic E-state index is -0.498.